The SMILES string of the molecule is O=C(O)c1cc(C(=O)O)cc(S(=O)(=O)O)c1.O=C([O-])c1ccccc1C(=O)[O-].[Na+].[Na+]. The molecule has 148 valence electrons. The summed E-state index contributed by atoms with van der Waals surface area (Å²) in [5.41, 5.74) is -1.80. The summed E-state index contributed by atoms with van der Waals surface area (Å²) in [5, 5.41) is 37.9. The summed E-state index contributed by atoms with van der Waals surface area (Å²) >= 11 is 0. The van der Waals surface area contributed by atoms with Crippen molar-refractivity contribution in [2.24, 2.45) is 0 Å². The molecule has 0 aromatic heterocycles. The van der Waals surface area contributed by atoms with Crippen LogP contribution < -0.4 is 69.3 Å². The third-order valence-corrected chi connectivity index (χ3v) is 3.90. The van der Waals surface area contributed by atoms with Crippen LogP contribution in [-0.4, -0.2) is 47.1 Å². The smallest absolute Gasteiger partial charge is 0.545 e. The molecule has 0 fully saturated rings. The first-order chi connectivity index (χ1) is 12.8. The molecule has 0 radical (unpaired) electrons. The molecule has 0 spiro atoms. The number of hydrogen-bond acceptors (Lipinski definition) is 8. The Morgan fingerprint density at radius 2 is 1.07 bits per heavy atom. The Kier molecular flexibility index (Phi) is 13.0. The Bertz CT molecular complexity index is 999. The van der Waals surface area contributed by atoms with Gasteiger partial charge in [-0.1, -0.05) is 24.3 Å². The van der Waals surface area contributed by atoms with Crippen LogP contribution in [0.3, 0.4) is 0 Å². The minimum absolute atomic E-state index is 0. The Morgan fingerprint density at radius 1 is 0.733 bits per heavy atom. The van der Waals surface area contributed by atoms with Gasteiger partial charge in [-0.2, -0.15) is 8.42 Å². The molecule has 11 nitrogen and oxygen atoms in total. The molecule has 0 saturated heterocycles. The molecule has 30 heavy (non-hydrogen) atoms. The van der Waals surface area contributed by atoms with Crippen LogP contribution in [0.4, 0.5) is 0 Å². The quantitative estimate of drug-likeness (QED) is 0.284. The molecule has 0 aliphatic heterocycles. The van der Waals surface area contributed by atoms with E-state index in [1.54, 1.807) is 0 Å². The van der Waals surface area contributed by atoms with Gasteiger partial charge in [0.05, 0.1) is 28.0 Å². The summed E-state index contributed by atoms with van der Waals surface area (Å²) < 4.78 is 30.2. The van der Waals surface area contributed by atoms with E-state index in [0.29, 0.717) is 12.1 Å². The molecule has 2 rings (SSSR count). The zero-order valence-corrected chi connectivity index (χ0v) is 20.4. The van der Waals surface area contributed by atoms with E-state index in [1.807, 2.05) is 0 Å². The predicted molar refractivity (Wildman–Crippen MR) is 85.3 cm³/mol. The molecule has 2 aromatic rings. The molecule has 2 aromatic carbocycles. The number of carboxylic acids is 4. The second-order valence-corrected chi connectivity index (χ2v) is 6.37. The summed E-state index contributed by atoms with van der Waals surface area (Å²) in [4.78, 5) is 41.0. The number of carbonyl (C=O) groups is 4. The van der Waals surface area contributed by atoms with Crippen LogP contribution in [0, 0.1) is 0 Å². The number of carboxylic acid groups (broad SMARTS) is 4. The molecule has 0 bridgehead atoms. The van der Waals surface area contributed by atoms with Gasteiger partial charge in [-0.25, -0.2) is 9.59 Å². The van der Waals surface area contributed by atoms with Crippen LogP contribution in [0.2, 0.25) is 0 Å². The minimum atomic E-state index is -4.64. The van der Waals surface area contributed by atoms with Crippen molar-refractivity contribution in [3.8, 4) is 0 Å². The molecular formula is C16H10Na2O11S. The topological polar surface area (TPSA) is 209 Å². The fourth-order valence-electron chi connectivity index (χ4n) is 1.83. The van der Waals surface area contributed by atoms with E-state index in [0.717, 1.165) is 18.2 Å². The van der Waals surface area contributed by atoms with Crippen molar-refractivity contribution in [3.63, 3.8) is 0 Å². The van der Waals surface area contributed by atoms with E-state index in [9.17, 15) is 37.8 Å². The van der Waals surface area contributed by atoms with Gasteiger partial charge in [-0.3, -0.25) is 4.55 Å². The molecule has 14 heteroatoms. The van der Waals surface area contributed by atoms with Crippen molar-refractivity contribution in [2.75, 3.05) is 0 Å². The molecule has 0 atom stereocenters. The molecule has 0 heterocycles. The van der Waals surface area contributed by atoms with Gasteiger partial charge in [0.15, 0.2) is 0 Å². The summed E-state index contributed by atoms with van der Waals surface area (Å²) in [6.45, 7) is 0. The van der Waals surface area contributed by atoms with Gasteiger partial charge in [0.1, 0.15) is 0 Å². The second-order valence-electron chi connectivity index (χ2n) is 4.95. The molecular weight excluding hydrogens is 446 g/mol. The van der Waals surface area contributed by atoms with Gasteiger partial charge < -0.3 is 30.0 Å². The maximum absolute atomic E-state index is 10.8. The Hall–Kier alpha value is -1.77. The molecule has 0 aliphatic carbocycles. The predicted octanol–water partition coefficient (Wildman–Crippen LogP) is -7.25. The standard InChI is InChI=1S/C8H6O7S.C8H6O4.2Na/c9-7(10)4-1-5(8(11)12)3-6(2-4)16(13,14)15;9-7(10)5-3-1-2-4-6(5)8(11)12;;/h1-3H,(H,9,10)(H,11,12)(H,13,14,15);1-4H,(H,9,10)(H,11,12);;/q;;2*+1/p-2. The molecule has 0 unspecified atom stereocenters. The van der Waals surface area contributed by atoms with Gasteiger partial charge in [-0.15, -0.1) is 0 Å². The summed E-state index contributed by atoms with van der Waals surface area (Å²) in [7, 11) is -4.64. The van der Waals surface area contributed by atoms with Crippen LogP contribution >= 0.6 is 0 Å². The fraction of sp³-hybridized carbons (Fsp3) is 0. The van der Waals surface area contributed by atoms with Crippen molar-refractivity contribution >= 4 is 34.0 Å². The average molecular weight is 456 g/mol. The summed E-state index contributed by atoms with van der Waals surface area (Å²) in [5.74, 6) is -6.02. The fourth-order valence-corrected chi connectivity index (χ4v) is 2.39. The van der Waals surface area contributed by atoms with Crippen LogP contribution in [0.25, 0.3) is 0 Å². The zero-order valence-electron chi connectivity index (χ0n) is 15.6. The zero-order chi connectivity index (χ0) is 21.6. The Labute approximate surface area is 213 Å². The van der Waals surface area contributed by atoms with Crippen molar-refractivity contribution in [3.05, 3.63) is 64.7 Å². The number of rotatable bonds is 5. The van der Waals surface area contributed by atoms with E-state index in [1.165, 1.54) is 12.1 Å². The van der Waals surface area contributed by atoms with Crippen molar-refractivity contribution in [2.45, 2.75) is 4.90 Å². The van der Waals surface area contributed by atoms with E-state index < -0.39 is 50.0 Å². The van der Waals surface area contributed by atoms with Crippen molar-refractivity contribution in [1.82, 2.24) is 0 Å². The molecule has 0 saturated carbocycles. The van der Waals surface area contributed by atoms with Gasteiger partial charge in [0, 0.05) is 11.1 Å². The van der Waals surface area contributed by atoms with Crippen LogP contribution in [0.1, 0.15) is 41.4 Å². The van der Waals surface area contributed by atoms with Crippen LogP contribution in [0.5, 0.6) is 0 Å². The average Bonchev–Trinajstić information content (AvgIpc) is 2.60. The van der Waals surface area contributed by atoms with E-state index >= 15 is 0 Å². The van der Waals surface area contributed by atoms with E-state index in [2.05, 4.69) is 0 Å². The summed E-state index contributed by atoms with van der Waals surface area (Å²) in [6, 6.07) is 7.27. The van der Waals surface area contributed by atoms with Crippen LogP contribution in [-0.2, 0) is 10.1 Å². The number of aromatic carboxylic acids is 4. The maximum Gasteiger partial charge on any atom is 1.00 e. The monoisotopic (exact) mass is 456 g/mol. The molecule has 0 amide bonds. The number of benzene rings is 2. The van der Waals surface area contributed by atoms with Crippen LogP contribution in [0.15, 0.2) is 47.4 Å². The van der Waals surface area contributed by atoms with Crippen molar-refractivity contribution in [1.29, 1.82) is 0 Å². The van der Waals surface area contributed by atoms with Gasteiger partial charge in [0.25, 0.3) is 10.1 Å². The number of hydrogen-bond donors (Lipinski definition) is 3. The Balaban J connectivity index is 0. The maximum atomic E-state index is 10.8. The third-order valence-electron chi connectivity index (χ3n) is 3.07. The normalized spacial score (nSPS) is 9.63. The van der Waals surface area contributed by atoms with Gasteiger partial charge in [0.2, 0.25) is 0 Å². The second kappa shape index (κ2) is 12.8. The largest absolute Gasteiger partial charge is 1.00 e. The van der Waals surface area contributed by atoms with E-state index in [4.69, 9.17) is 14.8 Å². The third kappa shape index (κ3) is 8.93. The summed E-state index contributed by atoms with van der Waals surface area (Å²) in [6.07, 6.45) is 0. The molecule has 3 N–H and O–H groups in total. The first-order valence-corrected chi connectivity index (χ1v) is 8.39. The number of carbonyl (C=O) groups excluding carboxylic acids is 2. The first kappa shape index (κ1) is 30.4. The van der Waals surface area contributed by atoms with Gasteiger partial charge >= 0.3 is 71.1 Å². The minimum Gasteiger partial charge on any atom is -0.545 e. The molecule has 0 aliphatic rings. The van der Waals surface area contributed by atoms with Crippen molar-refractivity contribution < 1.29 is 112 Å². The van der Waals surface area contributed by atoms with Gasteiger partial charge in [-0.05, 0) is 18.2 Å². The first-order valence-electron chi connectivity index (χ1n) is 6.95. The Morgan fingerprint density at radius 3 is 1.30 bits per heavy atom. The van der Waals surface area contributed by atoms with E-state index in [-0.39, 0.29) is 70.2 Å².